The Morgan fingerprint density at radius 1 is 0.809 bits per heavy atom. The highest BCUT2D eigenvalue weighted by atomic mass is 79.9. The van der Waals surface area contributed by atoms with Gasteiger partial charge in [0.05, 0.1) is 8.52 Å². The number of aromatic nitrogens is 8. The first-order chi connectivity index (χ1) is 21.7. The Balaban J connectivity index is 0.000000435. The van der Waals surface area contributed by atoms with Crippen LogP contribution in [0.1, 0.15) is 8.80 Å². The number of alkyl halides is 1. The number of aromatic amines is 1. The summed E-state index contributed by atoms with van der Waals surface area (Å²) in [6.45, 7) is 15.4. The zero-order chi connectivity index (χ0) is 36.0. The second-order valence-electron chi connectivity index (χ2n) is 13.1. The van der Waals surface area contributed by atoms with Crippen LogP contribution in [0.3, 0.4) is 0 Å². The summed E-state index contributed by atoms with van der Waals surface area (Å²) in [5.74, 6) is 0. The fraction of sp³-hybridized carbons (Fsp3) is 0.643. The van der Waals surface area contributed by atoms with E-state index in [0.29, 0.717) is 45.0 Å². The van der Waals surface area contributed by atoms with Crippen LogP contribution in [-0.2, 0) is 51.1 Å². The van der Waals surface area contributed by atoms with Crippen LogP contribution in [0.25, 0.3) is 22.3 Å². The molecule has 0 saturated heterocycles. The number of ether oxygens (including phenoxy) is 2. The first-order valence-corrected chi connectivity index (χ1v) is 23.0. The Morgan fingerprint density at radius 2 is 1.23 bits per heavy atom. The van der Waals surface area contributed by atoms with Crippen LogP contribution >= 0.6 is 28.1 Å². The second-order valence-corrected chi connectivity index (χ2v) is 25.5. The molecule has 14 nitrogen and oxygen atoms in total. The van der Waals surface area contributed by atoms with E-state index in [4.69, 9.17) is 23.1 Å². The van der Waals surface area contributed by atoms with E-state index in [1.165, 1.54) is 23.2 Å². The number of halogens is 2. The third-order valence-electron chi connectivity index (χ3n) is 7.12. The van der Waals surface area contributed by atoms with E-state index in [1.54, 1.807) is 23.2 Å². The van der Waals surface area contributed by atoms with E-state index in [9.17, 15) is 23.6 Å². The van der Waals surface area contributed by atoms with Crippen molar-refractivity contribution in [1.29, 1.82) is 0 Å². The largest absolute Gasteiger partial charge is 0.361 e. The quantitative estimate of drug-likeness (QED) is 0.110. The number of aryl methyl sites for hydroxylation is 2. The van der Waals surface area contributed by atoms with Gasteiger partial charge in [-0.2, -0.15) is 0 Å². The van der Waals surface area contributed by atoms with Crippen LogP contribution in [0.15, 0.2) is 23.9 Å². The average Bonchev–Trinajstić information content (AvgIpc) is 3.49. The Bertz CT molecular complexity index is 2000. The first kappa shape index (κ1) is 40.5. The molecule has 0 atom stereocenters. The number of hydrogen-bond acceptors (Lipinski definition) is 8. The predicted octanol–water partition coefficient (Wildman–Crippen LogP) is 4.14. The van der Waals surface area contributed by atoms with Crippen molar-refractivity contribution in [3.63, 3.8) is 0 Å². The van der Waals surface area contributed by atoms with Crippen LogP contribution in [0.4, 0.5) is 4.39 Å². The monoisotopic (exact) mass is 781 g/mol. The van der Waals surface area contributed by atoms with Crippen LogP contribution in [0.2, 0.25) is 51.4 Å². The molecule has 47 heavy (non-hydrogen) atoms. The molecule has 4 rings (SSSR count). The van der Waals surface area contributed by atoms with Gasteiger partial charge in [0.1, 0.15) is 19.1 Å². The van der Waals surface area contributed by atoms with Gasteiger partial charge in [0, 0.05) is 57.6 Å². The summed E-state index contributed by atoms with van der Waals surface area (Å²) < 4.78 is 35.9. The maximum atomic E-state index is 12.3. The van der Waals surface area contributed by atoms with Gasteiger partial charge in [0.2, 0.25) is 0 Å². The lowest BCUT2D eigenvalue weighted by Gasteiger charge is -2.15. The number of hydrogen-bond donors (Lipinski definition) is 1. The van der Waals surface area contributed by atoms with Crippen molar-refractivity contribution < 1.29 is 15.2 Å². The number of nitrogens with one attached hydrogen (secondary N) is 1. The lowest BCUT2D eigenvalue weighted by Crippen LogP contribution is -2.37. The smallest absolute Gasteiger partial charge is 0.332 e. The van der Waals surface area contributed by atoms with Crippen LogP contribution in [0.5, 0.6) is 0 Å². The SMILES string of the molecule is C.Cn1c(=O)c2c([nH]c(=S)n2COCC[Si](C)(C)C)n(C)c1=O.Cn1c(=O)c2c(nc(Br)n2COCC[Si](C)(C)C)n(C)c1=O.[2H]CF. The summed E-state index contributed by atoms with van der Waals surface area (Å²) >= 11 is 8.59. The van der Waals surface area contributed by atoms with E-state index in [0.717, 1.165) is 21.2 Å². The Kier molecular flexibility index (Phi) is 14.7. The highest BCUT2D eigenvalue weighted by molar-refractivity contribution is 9.10. The number of H-pyrrole nitrogens is 1. The predicted molar refractivity (Wildman–Crippen MR) is 197 cm³/mol. The molecule has 19 heteroatoms. The Hall–Kier alpha value is -2.72. The molecule has 0 radical (unpaired) electrons. The number of rotatable bonds is 10. The summed E-state index contributed by atoms with van der Waals surface area (Å²) in [5, 5.41) is 0. The van der Waals surface area contributed by atoms with Gasteiger partial charge in [-0.15, -0.1) is 0 Å². The fourth-order valence-corrected chi connectivity index (χ4v) is 6.41. The highest BCUT2D eigenvalue weighted by Gasteiger charge is 2.19. The van der Waals surface area contributed by atoms with Crippen molar-refractivity contribution in [2.24, 2.45) is 28.2 Å². The molecule has 0 unspecified atom stereocenters. The molecule has 1 N–H and O–H groups in total. The van der Waals surface area contributed by atoms with Crippen molar-refractivity contribution in [2.75, 3.05) is 20.4 Å². The second kappa shape index (κ2) is 17.1. The van der Waals surface area contributed by atoms with Gasteiger partial charge in [-0.05, 0) is 40.2 Å². The van der Waals surface area contributed by atoms with Gasteiger partial charge in [0.15, 0.2) is 26.2 Å². The van der Waals surface area contributed by atoms with Gasteiger partial charge in [-0.3, -0.25) is 41.4 Å². The fourth-order valence-electron chi connectivity index (χ4n) is 4.21. The Morgan fingerprint density at radius 3 is 1.70 bits per heavy atom. The standard InChI is InChI=1S/C13H21BrN4O3Si.C13H22N4O3SSi.CH3F.CH4/c1-16-10-9(11(19)17(2)13(16)20)18(12(14)15-10)8-21-6-7-22(3,4)5;1-15-10-9(11(18)16(2)13(15)19)17(12(21)14-10)8-20-6-7-22(3,4)5;1-2;/h6-8H2,1-5H3;6-8H2,1-5H3,(H,14,21);1H3;1H4/i;;1D;. The van der Waals surface area contributed by atoms with Gasteiger partial charge < -0.3 is 14.5 Å². The van der Waals surface area contributed by atoms with Crippen molar-refractivity contribution in [3.8, 4) is 0 Å². The van der Waals surface area contributed by atoms with Gasteiger partial charge >= 0.3 is 11.4 Å². The lowest BCUT2D eigenvalue weighted by molar-refractivity contribution is 0.0882. The summed E-state index contributed by atoms with van der Waals surface area (Å²) in [6, 6.07) is 2.09. The molecule has 0 aliphatic carbocycles. The third kappa shape index (κ3) is 10.1. The third-order valence-corrected chi connectivity index (χ3v) is 11.5. The molecule has 0 fully saturated rings. The zero-order valence-corrected chi connectivity index (χ0v) is 32.6. The molecule has 0 bridgehead atoms. The van der Waals surface area contributed by atoms with Gasteiger partial charge in [-0.1, -0.05) is 46.7 Å². The summed E-state index contributed by atoms with van der Waals surface area (Å²) in [7, 11) is 2.80. The molecule has 0 saturated carbocycles. The van der Waals surface area contributed by atoms with Crippen molar-refractivity contribution >= 4 is 66.6 Å². The molecule has 0 aromatic carbocycles. The molecule has 4 aromatic rings. The summed E-state index contributed by atoms with van der Waals surface area (Å²) in [5.41, 5.74) is -0.0213. The molecule has 0 spiro atoms. The molecule has 0 aliphatic rings. The van der Waals surface area contributed by atoms with Crippen LogP contribution < -0.4 is 22.5 Å². The molecular weight excluding hydrogens is 731 g/mol. The van der Waals surface area contributed by atoms with Crippen LogP contribution in [0, 0.1) is 4.77 Å². The van der Waals surface area contributed by atoms with Crippen molar-refractivity contribution in [2.45, 2.75) is 72.3 Å². The first-order valence-electron chi connectivity index (χ1n) is 15.1. The van der Waals surface area contributed by atoms with E-state index in [-0.39, 0.29) is 37.7 Å². The minimum absolute atomic E-state index is 0. The summed E-state index contributed by atoms with van der Waals surface area (Å²) in [4.78, 5) is 55.7. The average molecular weight is 783 g/mol. The lowest BCUT2D eigenvalue weighted by atomic mass is 10.5. The number of imidazole rings is 2. The number of fused-ring (bicyclic) bond motifs is 2. The Labute approximate surface area is 290 Å². The van der Waals surface area contributed by atoms with E-state index >= 15 is 0 Å². The highest BCUT2D eigenvalue weighted by Crippen LogP contribution is 2.17. The van der Waals surface area contributed by atoms with E-state index in [2.05, 4.69) is 65.2 Å². The summed E-state index contributed by atoms with van der Waals surface area (Å²) in [6.07, 6.45) is 0. The maximum Gasteiger partial charge on any atom is 0.332 e. The zero-order valence-electron chi connectivity index (χ0n) is 29.2. The molecule has 0 aliphatic heterocycles. The molecule has 4 aromatic heterocycles. The van der Waals surface area contributed by atoms with E-state index < -0.39 is 29.0 Å². The maximum absolute atomic E-state index is 12.3. The van der Waals surface area contributed by atoms with Gasteiger partial charge in [-0.25, -0.2) is 14.6 Å². The normalized spacial score (nSPS) is 11.9. The van der Waals surface area contributed by atoms with E-state index in [1.807, 2.05) is 0 Å². The van der Waals surface area contributed by atoms with Crippen LogP contribution in [-0.4, -0.2) is 73.9 Å². The number of nitrogens with zero attached hydrogens (tertiary/aromatic N) is 7. The minimum atomic E-state index is -1.16. The van der Waals surface area contributed by atoms with Gasteiger partial charge in [0.25, 0.3) is 11.1 Å². The van der Waals surface area contributed by atoms with Crippen molar-refractivity contribution in [3.05, 3.63) is 51.2 Å². The topological polar surface area (TPSA) is 145 Å². The molecule has 0 amide bonds. The minimum Gasteiger partial charge on any atom is -0.361 e. The van der Waals surface area contributed by atoms with Crippen molar-refractivity contribution in [1.82, 2.24) is 37.4 Å². The molecule has 4 heterocycles. The molecular formula is C28H50BrFN8O6SSi2. The molecule has 266 valence electrons.